The number of benzene rings is 1. The summed E-state index contributed by atoms with van der Waals surface area (Å²) in [5.41, 5.74) is 2.69. The Kier molecular flexibility index (Phi) is 8.26. The van der Waals surface area contributed by atoms with Crippen molar-refractivity contribution in [2.45, 2.75) is 37.9 Å². The number of aromatic nitrogens is 3. The second kappa shape index (κ2) is 11.6. The number of imidazole rings is 1. The summed E-state index contributed by atoms with van der Waals surface area (Å²) in [6.07, 6.45) is 7.59. The van der Waals surface area contributed by atoms with E-state index in [2.05, 4.69) is 9.97 Å². The molecule has 1 aromatic carbocycles. The summed E-state index contributed by atoms with van der Waals surface area (Å²) < 4.78 is 44.0. The Morgan fingerprint density at radius 1 is 1.29 bits per heavy atom. The predicted octanol–water partition coefficient (Wildman–Crippen LogP) is 4.44. The number of aromatic amines is 1. The second-order valence-corrected chi connectivity index (χ2v) is 12.4. The van der Waals surface area contributed by atoms with Gasteiger partial charge in [0.05, 0.1) is 29.9 Å². The lowest BCUT2D eigenvalue weighted by Crippen LogP contribution is -2.26. The van der Waals surface area contributed by atoms with Crippen molar-refractivity contribution in [3.63, 3.8) is 0 Å². The summed E-state index contributed by atoms with van der Waals surface area (Å²) in [5, 5.41) is 5.32. The van der Waals surface area contributed by atoms with E-state index in [4.69, 9.17) is 31.6 Å². The van der Waals surface area contributed by atoms with Gasteiger partial charge >= 0.3 is 0 Å². The number of thiazole rings is 1. The molecule has 0 aliphatic carbocycles. The summed E-state index contributed by atoms with van der Waals surface area (Å²) in [4.78, 5) is 9.43. The van der Waals surface area contributed by atoms with E-state index in [9.17, 15) is 8.42 Å². The fourth-order valence-corrected chi connectivity index (χ4v) is 6.67. The number of fused-ring (bicyclic) bond motifs is 1. The van der Waals surface area contributed by atoms with Crippen molar-refractivity contribution in [1.82, 2.24) is 14.4 Å². The molecule has 4 heterocycles. The Bertz CT molecular complexity index is 1560. The molecule has 9 nitrogen and oxygen atoms in total. The van der Waals surface area contributed by atoms with E-state index < -0.39 is 10.0 Å². The van der Waals surface area contributed by atoms with Gasteiger partial charge in [0, 0.05) is 43.8 Å². The lowest BCUT2D eigenvalue weighted by atomic mass is 9.99. The average molecular weight is 575 g/mol. The summed E-state index contributed by atoms with van der Waals surface area (Å²) >= 11 is 7.37. The summed E-state index contributed by atoms with van der Waals surface area (Å²) in [7, 11) is -1.99. The zero-order valence-corrected chi connectivity index (χ0v) is 23.4. The maximum atomic E-state index is 11.8. The van der Waals surface area contributed by atoms with Crippen molar-refractivity contribution in [2.24, 2.45) is 5.14 Å². The second-order valence-electron chi connectivity index (χ2n) is 9.21. The Balaban J connectivity index is 1.60. The first-order chi connectivity index (χ1) is 18.3. The number of sulfonamides is 1. The molecular weight excluding hydrogens is 545 g/mol. The molecular formula is C26H30N4O5S3. The number of nitrogens with zero attached hydrogens (tertiary/aromatic N) is 2. The summed E-state index contributed by atoms with van der Waals surface area (Å²) in [6, 6.07) is 9.88. The number of ether oxygens (including phenoxy) is 3. The third kappa shape index (κ3) is 6.16. The SMILES string of the molecule is COc1ccccc1[C@H](Cc1cc(CCS(N)(=O)=O)c(=S)n2cc(-c3ncc[nH]3)sc12)OC1CCOCC1. The van der Waals surface area contributed by atoms with Gasteiger partial charge in [-0.05, 0) is 42.5 Å². The quantitative estimate of drug-likeness (QED) is 0.269. The number of hydrogen-bond donors (Lipinski definition) is 2. The number of pyridine rings is 1. The van der Waals surface area contributed by atoms with Gasteiger partial charge in [0.25, 0.3) is 0 Å². The van der Waals surface area contributed by atoms with Crippen LogP contribution in [0.1, 0.15) is 35.6 Å². The molecule has 1 fully saturated rings. The maximum absolute atomic E-state index is 11.8. The van der Waals surface area contributed by atoms with Crippen LogP contribution >= 0.6 is 23.6 Å². The summed E-state index contributed by atoms with van der Waals surface area (Å²) in [5.74, 6) is 1.31. The van der Waals surface area contributed by atoms with Gasteiger partial charge in [0.2, 0.25) is 10.0 Å². The van der Waals surface area contributed by atoms with Crippen LogP contribution in [-0.2, 0) is 32.3 Å². The van der Waals surface area contributed by atoms with Gasteiger partial charge in [0.15, 0.2) is 0 Å². The van der Waals surface area contributed by atoms with Crippen LogP contribution in [0.2, 0.25) is 0 Å². The molecule has 12 heteroatoms. The molecule has 1 aliphatic heterocycles. The van der Waals surface area contributed by atoms with Gasteiger partial charge < -0.3 is 19.2 Å². The predicted molar refractivity (Wildman–Crippen MR) is 150 cm³/mol. The van der Waals surface area contributed by atoms with Crippen LogP contribution in [0, 0.1) is 4.64 Å². The van der Waals surface area contributed by atoms with Crippen LogP contribution in [0.15, 0.2) is 48.9 Å². The Morgan fingerprint density at radius 3 is 2.79 bits per heavy atom. The molecule has 0 bridgehead atoms. The highest BCUT2D eigenvalue weighted by molar-refractivity contribution is 7.89. The van der Waals surface area contributed by atoms with Crippen molar-refractivity contribution in [3.8, 4) is 16.5 Å². The molecule has 3 aromatic heterocycles. The first kappa shape index (κ1) is 27.0. The Morgan fingerprint density at radius 2 is 2.08 bits per heavy atom. The zero-order valence-electron chi connectivity index (χ0n) is 21.0. The molecule has 0 unspecified atom stereocenters. The molecule has 3 N–H and O–H groups in total. The minimum absolute atomic E-state index is 0.0592. The van der Waals surface area contributed by atoms with E-state index >= 15 is 0 Å². The topological polar surface area (TPSA) is 121 Å². The van der Waals surface area contributed by atoms with Gasteiger partial charge in [0.1, 0.15) is 21.0 Å². The molecule has 38 heavy (non-hydrogen) atoms. The lowest BCUT2D eigenvalue weighted by molar-refractivity contribution is -0.0699. The van der Waals surface area contributed by atoms with Gasteiger partial charge in [-0.3, -0.25) is 4.40 Å². The molecule has 0 spiro atoms. The number of primary sulfonamides is 1. The first-order valence-corrected chi connectivity index (χ1v) is 15.3. The van der Waals surface area contributed by atoms with E-state index in [1.807, 2.05) is 40.9 Å². The number of nitrogens with one attached hydrogen (secondary N) is 1. The van der Waals surface area contributed by atoms with Crippen LogP contribution in [-0.4, -0.2) is 55.0 Å². The van der Waals surface area contributed by atoms with Crippen LogP contribution in [0.3, 0.4) is 0 Å². The largest absolute Gasteiger partial charge is 0.496 e. The third-order valence-electron chi connectivity index (χ3n) is 6.59. The van der Waals surface area contributed by atoms with Gasteiger partial charge in [-0.15, -0.1) is 11.3 Å². The first-order valence-electron chi connectivity index (χ1n) is 12.4. The van der Waals surface area contributed by atoms with Crippen LogP contribution in [0.4, 0.5) is 0 Å². The molecule has 202 valence electrons. The van der Waals surface area contributed by atoms with Crippen molar-refractivity contribution in [2.75, 3.05) is 26.1 Å². The number of hydrogen-bond acceptors (Lipinski definition) is 8. The normalized spacial score (nSPS) is 15.6. The van der Waals surface area contributed by atoms with Crippen molar-refractivity contribution >= 4 is 38.4 Å². The van der Waals surface area contributed by atoms with Crippen molar-refractivity contribution in [1.29, 1.82) is 0 Å². The number of rotatable bonds is 10. The van der Waals surface area contributed by atoms with E-state index in [1.165, 1.54) is 0 Å². The minimum atomic E-state index is -3.65. The van der Waals surface area contributed by atoms with E-state index in [0.29, 0.717) is 24.3 Å². The van der Waals surface area contributed by atoms with E-state index in [-0.39, 0.29) is 24.4 Å². The fourth-order valence-electron chi connectivity index (χ4n) is 4.71. The van der Waals surface area contributed by atoms with Crippen molar-refractivity contribution < 1.29 is 22.6 Å². The average Bonchev–Trinajstić information content (AvgIpc) is 3.60. The van der Waals surface area contributed by atoms with Gasteiger partial charge in [-0.1, -0.05) is 30.4 Å². The summed E-state index contributed by atoms with van der Waals surface area (Å²) in [6.45, 7) is 1.34. The van der Waals surface area contributed by atoms with E-state index in [1.54, 1.807) is 30.8 Å². The molecule has 0 radical (unpaired) electrons. The van der Waals surface area contributed by atoms with Crippen LogP contribution in [0.5, 0.6) is 5.75 Å². The number of H-pyrrole nitrogens is 1. The van der Waals surface area contributed by atoms with Crippen LogP contribution in [0.25, 0.3) is 15.5 Å². The lowest BCUT2D eigenvalue weighted by Gasteiger charge is -2.29. The third-order valence-corrected chi connectivity index (χ3v) is 9.00. The Labute approximate surface area is 230 Å². The molecule has 0 amide bonds. The van der Waals surface area contributed by atoms with Gasteiger partial charge in [-0.25, -0.2) is 18.5 Å². The number of aryl methyl sites for hydroxylation is 1. The van der Waals surface area contributed by atoms with Crippen LogP contribution < -0.4 is 9.88 Å². The highest BCUT2D eigenvalue weighted by atomic mass is 32.2. The fraction of sp³-hybridized carbons (Fsp3) is 0.385. The smallest absolute Gasteiger partial charge is 0.209 e. The standard InChI is InChI=1S/C26H30N4O5S3/c1-33-21-5-3-2-4-20(21)22(35-19-6-11-34-12-7-19)15-18-14-17(8-13-38(27,31)32)25(36)30-16-23(37-26(18)30)24-28-9-10-29-24/h2-5,9-10,14,16,19,22H,6-8,11-13,15H2,1H3,(H,28,29)(H2,27,31,32)/t22-/m0/s1. The Hall–Kier alpha value is -2.61. The molecule has 1 saturated heterocycles. The number of methoxy groups -OCH3 is 1. The molecule has 0 saturated carbocycles. The zero-order chi connectivity index (χ0) is 26.7. The number of para-hydroxylation sites is 1. The molecule has 1 aliphatic rings. The van der Waals surface area contributed by atoms with E-state index in [0.717, 1.165) is 50.8 Å². The van der Waals surface area contributed by atoms with Crippen molar-refractivity contribution in [3.05, 3.63) is 70.3 Å². The highest BCUT2D eigenvalue weighted by Gasteiger charge is 2.25. The molecule has 5 rings (SSSR count). The number of nitrogens with two attached hydrogens (primary N) is 1. The maximum Gasteiger partial charge on any atom is 0.209 e. The monoisotopic (exact) mass is 574 g/mol. The molecule has 4 aromatic rings. The van der Waals surface area contributed by atoms with Gasteiger partial charge in [-0.2, -0.15) is 0 Å². The minimum Gasteiger partial charge on any atom is -0.496 e. The highest BCUT2D eigenvalue weighted by Crippen LogP contribution is 2.37. The molecule has 1 atom stereocenters.